The number of carbonyl (C=O) groups is 2. The highest BCUT2D eigenvalue weighted by molar-refractivity contribution is 5.91. The maximum absolute atomic E-state index is 13.8. The number of carbonyl (C=O) groups excluding carboxylic acids is 2. The zero-order valence-electron chi connectivity index (χ0n) is 23.3. The van der Waals surface area contributed by atoms with Gasteiger partial charge >= 0.3 is 0 Å². The van der Waals surface area contributed by atoms with Crippen LogP contribution in [0.1, 0.15) is 67.4 Å². The van der Waals surface area contributed by atoms with Crippen LogP contribution in [-0.2, 0) is 15.0 Å². The highest BCUT2D eigenvalue weighted by atomic mass is 16.2. The van der Waals surface area contributed by atoms with E-state index < -0.39 is 22.8 Å². The number of ketones is 1. The van der Waals surface area contributed by atoms with Gasteiger partial charge in [0.1, 0.15) is 0 Å². The van der Waals surface area contributed by atoms with Gasteiger partial charge in [0.05, 0.1) is 12.1 Å². The van der Waals surface area contributed by atoms with Crippen molar-refractivity contribution in [2.24, 2.45) is 22.4 Å². The monoisotopic (exact) mass is 483 g/mol. The Morgan fingerprint density at radius 1 is 1.14 bits per heavy atom. The van der Waals surface area contributed by atoms with E-state index >= 15 is 0 Å². The fourth-order valence-corrected chi connectivity index (χ4v) is 4.67. The Bertz CT molecular complexity index is 924. The third kappa shape index (κ3) is 8.22. The number of azide groups is 1. The SMILES string of the molecule is CNC(C(=O)CC(C(=O)N(C)[C@H](/C=C(\C)CN=[N+]=[N-])C(C)C)C(C)(C)C)C(C)(C)c1ccccc1. The van der Waals surface area contributed by atoms with E-state index in [0.29, 0.717) is 0 Å². The van der Waals surface area contributed by atoms with Gasteiger partial charge < -0.3 is 10.2 Å². The second-order valence-electron chi connectivity index (χ2n) is 11.5. The van der Waals surface area contributed by atoms with Crippen LogP contribution in [0.25, 0.3) is 10.4 Å². The van der Waals surface area contributed by atoms with Gasteiger partial charge in [-0.25, -0.2) is 0 Å². The zero-order valence-corrected chi connectivity index (χ0v) is 23.3. The Labute approximate surface area is 212 Å². The number of Topliss-reactive ketones (excluding diaryl/α,β-unsaturated/α-hetero) is 1. The fourth-order valence-electron chi connectivity index (χ4n) is 4.67. The van der Waals surface area contributed by atoms with Gasteiger partial charge in [0.2, 0.25) is 5.91 Å². The molecule has 194 valence electrons. The third-order valence-corrected chi connectivity index (χ3v) is 6.92. The number of nitrogens with zero attached hydrogens (tertiary/aromatic N) is 4. The Kier molecular flexibility index (Phi) is 11.2. The van der Waals surface area contributed by atoms with Crippen LogP contribution in [0.4, 0.5) is 0 Å². The predicted octanol–water partition coefficient (Wildman–Crippen LogP) is 5.91. The van der Waals surface area contributed by atoms with Crippen LogP contribution in [0.3, 0.4) is 0 Å². The van der Waals surface area contributed by atoms with E-state index in [1.165, 1.54) is 0 Å². The summed E-state index contributed by atoms with van der Waals surface area (Å²) in [7, 11) is 3.61. The highest BCUT2D eigenvalue weighted by Crippen LogP contribution is 2.35. The fraction of sp³-hybridized carbons (Fsp3) is 0.643. The summed E-state index contributed by atoms with van der Waals surface area (Å²) >= 11 is 0. The van der Waals surface area contributed by atoms with Gasteiger partial charge in [-0.05, 0) is 36.4 Å². The summed E-state index contributed by atoms with van der Waals surface area (Å²) < 4.78 is 0. The van der Waals surface area contributed by atoms with E-state index in [2.05, 4.69) is 43.0 Å². The van der Waals surface area contributed by atoms with E-state index in [-0.39, 0.29) is 36.6 Å². The largest absolute Gasteiger partial charge is 0.339 e. The van der Waals surface area contributed by atoms with E-state index in [9.17, 15) is 9.59 Å². The van der Waals surface area contributed by atoms with Crippen molar-refractivity contribution in [1.82, 2.24) is 10.2 Å². The molecular weight excluding hydrogens is 438 g/mol. The predicted molar refractivity (Wildman–Crippen MR) is 144 cm³/mol. The molecule has 0 bridgehead atoms. The molecule has 2 unspecified atom stereocenters. The molecule has 0 aliphatic carbocycles. The van der Waals surface area contributed by atoms with Crippen LogP contribution < -0.4 is 5.32 Å². The molecule has 3 atom stereocenters. The molecule has 0 aliphatic rings. The molecule has 0 saturated carbocycles. The first-order valence-corrected chi connectivity index (χ1v) is 12.4. The Hall–Kier alpha value is -2.63. The van der Waals surface area contributed by atoms with E-state index in [1.54, 1.807) is 19.0 Å². The summed E-state index contributed by atoms with van der Waals surface area (Å²) in [5, 5.41) is 6.86. The summed E-state index contributed by atoms with van der Waals surface area (Å²) in [6, 6.07) is 9.40. The van der Waals surface area contributed by atoms with Gasteiger partial charge in [0, 0.05) is 36.3 Å². The van der Waals surface area contributed by atoms with Gasteiger partial charge in [-0.2, -0.15) is 0 Å². The highest BCUT2D eigenvalue weighted by Gasteiger charge is 2.41. The van der Waals surface area contributed by atoms with Gasteiger partial charge in [0.15, 0.2) is 5.78 Å². The van der Waals surface area contributed by atoms with Crippen LogP contribution in [0.15, 0.2) is 47.1 Å². The minimum Gasteiger partial charge on any atom is -0.339 e. The first-order valence-electron chi connectivity index (χ1n) is 12.4. The topological polar surface area (TPSA) is 98.2 Å². The molecule has 0 heterocycles. The van der Waals surface area contributed by atoms with Gasteiger partial charge in [-0.15, -0.1) is 0 Å². The minimum atomic E-state index is -0.477. The molecule has 0 radical (unpaired) electrons. The van der Waals surface area contributed by atoms with Crippen molar-refractivity contribution in [3.63, 3.8) is 0 Å². The molecule has 0 aliphatic heterocycles. The minimum absolute atomic E-state index is 0.0270. The summed E-state index contributed by atoms with van der Waals surface area (Å²) in [4.78, 5) is 32.1. The number of hydrogen-bond acceptors (Lipinski definition) is 4. The van der Waals surface area contributed by atoms with Crippen LogP contribution in [-0.4, -0.2) is 49.3 Å². The zero-order chi connectivity index (χ0) is 27.0. The number of benzene rings is 1. The Morgan fingerprint density at radius 3 is 2.17 bits per heavy atom. The molecule has 1 aromatic rings. The summed E-state index contributed by atoms with van der Waals surface area (Å²) in [6.07, 6.45) is 2.15. The van der Waals surface area contributed by atoms with E-state index in [4.69, 9.17) is 5.53 Å². The van der Waals surface area contributed by atoms with Gasteiger partial charge in [-0.1, -0.05) is 95.6 Å². The average molecular weight is 484 g/mol. The maximum atomic E-state index is 13.8. The summed E-state index contributed by atoms with van der Waals surface area (Å²) in [5.74, 6) is -0.346. The molecule has 0 spiro atoms. The lowest BCUT2D eigenvalue weighted by atomic mass is 9.71. The molecule has 1 amide bonds. The molecule has 1 rings (SSSR count). The lowest BCUT2D eigenvalue weighted by Crippen LogP contribution is -2.52. The van der Waals surface area contributed by atoms with Crippen molar-refractivity contribution < 1.29 is 9.59 Å². The standard InChI is InChI=1S/C28H45N5O2/c1-19(2)23(16-20(3)18-31-32-29)33(10)26(35)22(27(4,5)6)17-24(34)25(30-9)28(7,8)21-14-12-11-13-15-21/h11-16,19,22-23,25,30H,17-18H2,1-10H3/b20-16+/t22?,23-,25?/m1/s1. The third-order valence-electron chi connectivity index (χ3n) is 6.92. The molecular formula is C28H45N5O2. The van der Waals surface area contributed by atoms with Crippen LogP contribution in [0, 0.1) is 17.3 Å². The number of hydrogen-bond donors (Lipinski definition) is 1. The van der Waals surface area contributed by atoms with E-state index in [0.717, 1.165) is 11.1 Å². The van der Waals surface area contributed by atoms with Crippen molar-refractivity contribution in [1.29, 1.82) is 0 Å². The van der Waals surface area contributed by atoms with Crippen molar-refractivity contribution in [2.45, 2.75) is 79.3 Å². The summed E-state index contributed by atoms with van der Waals surface area (Å²) in [6.45, 7) is 16.4. The molecule has 35 heavy (non-hydrogen) atoms. The number of likely N-dealkylation sites (N-methyl/N-ethyl adjacent to an activating group) is 2. The van der Waals surface area contributed by atoms with Gasteiger partial charge in [-0.3, -0.25) is 9.59 Å². The van der Waals surface area contributed by atoms with Crippen LogP contribution in [0.5, 0.6) is 0 Å². The first kappa shape index (κ1) is 30.4. The average Bonchev–Trinajstić information content (AvgIpc) is 2.78. The van der Waals surface area contributed by atoms with Crippen molar-refractivity contribution in [2.75, 3.05) is 20.6 Å². The number of nitrogens with one attached hydrogen (secondary N) is 1. The second kappa shape index (κ2) is 12.9. The Balaban J connectivity index is 3.26. The van der Waals surface area contributed by atoms with Gasteiger partial charge in [0.25, 0.3) is 0 Å². The molecule has 1 N–H and O–H groups in total. The number of amides is 1. The van der Waals surface area contributed by atoms with E-state index in [1.807, 2.05) is 64.1 Å². The smallest absolute Gasteiger partial charge is 0.226 e. The lowest BCUT2D eigenvalue weighted by Gasteiger charge is -2.39. The molecule has 0 fully saturated rings. The van der Waals surface area contributed by atoms with Crippen molar-refractivity contribution in [3.05, 3.63) is 58.0 Å². The van der Waals surface area contributed by atoms with Crippen molar-refractivity contribution in [3.8, 4) is 0 Å². The molecule has 1 aromatic carbocycles. The van der Waals surface area contributed by atoms with Crippen LogP contribution >= 0.6 is 0 Å². The summed E-state index contributed by atoms with van der Waals surface area (Å²) in [5.41, 5.74) is 9.77. The normalized spacial score (nSPS) is 15.2. The quantitative estimate of drug-likeness (QED) is 0.173. The van der Waals surface area contributed by atoms with Crippen molar-refractivity contribution >= 4 is 11.7 Å². The number of rotatable bonds is 12. The first-order chi connectivity index (χ1) is 16.2. The van der Waals surface area contributed by atoms with Crippen LogP contribution in [0.2, 0.25) is 0 Å². The molecule has 7 nitrogen and oxygen atoms in total. The Morgan fingerprint density at radius 2 is 1.71 bits per heavy atom. The maximum Gasteiger partial charge on any atom is 0.226 e. The molecule has 0 aromatic heterocycles. The second-order valence-corrected chi connectivity index (χ2v) is 11.5. The molecule has 0 saturated heterocycles. The molecule has 7 heteroatoms. The lowest BCUT2D eigenvalue weighted by molar-refractivity contribution is -0.143.